The number of aryl methyl sites for hydroxylation is 1. The molecular weight excluding hydrogens is 236 g/mol. The predicted molar refractivity (Wildman–Crippen MR) is 81.2 cm³/mol. The number of amides is 1. The quantitative estimate of drug-likeness (QED) is 0.856. The van der Waals surface area contributed by atoms with E-state index in [1.165, 1.54) is 5.56 Å². The first-order valence-electron chi connectivity index (χ1n) is 6.97. The fourth-order valence-corrected chi connectivity index (χ4v) is 2.23. The average molecular weight is 262 g/mol. The highest BCUT2D eigenvalue weighted by molar-refractivity contribution is 5.92. The number of carbonyl (C=O) groups excluding carboxylic acids is 1. The Morgan fingerprint density at radius 2 is 1.84 bits per heavy atom. The maximum absolute atomic E-state index is 12.2. The van der Waals surface area contributed by atoms with E-state index in [1.54, 1.807) is 4.90 Å². The van der Waals surface area contributed by atoms with Crippen LogP contribution in [0.4, 0.5) is 5.69 Å². The maximum Gasteiger partial charge on any atom is 0.227 e. The highest BCUT2D eigenvalue weighted by Gasteiger charge is 2.17. The second-order valence-corrected chi connectivity index (χ2v) is 5.72. The maximum atomic E-state index is 12.2. The number of hydrogen-bond acceptors (Lipinski definition) is 2. The molecule has 2 N–H and O–H groups in total. The Labute approximate surface area is 116 Å². The molecule has 0 saturated heterocycles. The van der Waals surface area contributed by atoms with Crippen molar-refractivity contribution in [1.82, 2.24) is 0 Å². The predicted octanol–water partition coefficient (Wildman–Crippen LogP) is 2.97. The summed E-state index contributed by atoms with van der Waals surface area (Å²) in [5.74, 6) is 0.992. The number of nitrogens with two attached hydrogens (primary N) is 1. The topological polar surface area (TPSA) is 46.3 Å². The van der Waals surface area contributed by atoms with Crippen molar-refractivity contribution in [3.8, 4) is 0 Å². The van der Waals surface area contributed by atoms with Gasteiger partial charge in [-0.3, -0.25) is 4.79 Å². The molecular formula is C16H26N2O. The summed E-state index contributed by atoms with van der Waals surface area (Å²) >= 11 is 0. The Hall–Kier alpha value is -1.35. The van der Waals surface area contributed by atoms with E-state index in [-0.39, 0.29) is 11.8 Å². The summed E-state index contributed by atoms with van der Waals surface area (Å²) in [7, 11) is 1.83. The Morgan fingerprint density at radius 1 is 1.26 bits per heavy atom. The van der Waals surface area contributed by atoms with Crippen molar-refractivity contribution in [1.29, 1.82) is 0 Å². The van der Waals surface area contributed by atoms with Gasteiger partial charge in [0.2, 0.25) is 5.91 Å². The SMILES string of the molecule is Cc1ccc(N(C)C(=O)CC(CN)CC(C)C)cc1. The van der Waals surface area contributed by atoms with Gasteiger partial charge < -0.3 is 10.6 Å². The molecule has 19 heavy (non-hydrogen) atoms. The molecule has 3 nitrogen and oxygen atoms in total. The molecule has 0 bridgehead atoms. The van der Waals surface area contributed by atoms with Gasteiger partial charge in [-0.2, -0.15) is 0 Å². The summed E-state index contributed by atoms with van der Waals surface area (Å²) in [6.07, 6.45) is 1.53. The van der Waals surface area contributed by atoms with Gasteiger partial charge in [0, 0.05) is 19.2 Å². The zero-order chi connectivity index (χ0) is 14.4. The minimum atomic E-state index is 0.139. The molecule has 0 spiro atoms. The first-order chi connectivity index (χ1) is 8.93. The standard InChI is InChI=1S/C16H26N2O/c1-12(2)9-14(11-17)10-16(19)18(4)15-7-5-13(3)6-8-15/h5-8,12,14H,9-11,17H2,1-4H3. The van der Waals surface area contributed by atoms with Gasteiger partial charge in [0.25, 0.3) is 0 Å². The van der Waals surface area contributed by atoms with E-state index < -0.39 is 0 Å². The van der Waals surface area contributed by atoms with E-state index in [0.717, 1.165) is 12.1 Å². The third-order valence-corrected chi connectivity index (χ3v) is 3.40. The van der Waals surface area contributed by atoms with Gasteiger partial charge in [-0.25, -0.2) is 0 Å². The first kappa shape index (κ1) is 15.7. The molecule has 1 unspecified atom stereocenters. The van der Waals surface area contributed by atoms with Crippen LogP contribution in [0.3, 0.4) is 0 Å². The van der Waals surface area contributed by atoms with Crippen molar-refractivity contribution in [3.05, 3.63) is 29.8 Å². The molecule has 0 aliphatic heterocycles. The molecule has 1 rings (SSSR count). The van der Waals surface area contributed by atoms with Gasteiger partial charge in [-0.05, 0) is 43.9 Å². The number of rotatable bonds is 6. The lowest BCUT2D eigenvalue weighted by Crippen LogP contribution is -2.30. The van der Waals surface area contributed by atoms with Crippen molar-refractivity contribution in [2.45, 2.75) is 33.6 Å². The number of benzene rings is 1. The smallest absolute Gasteiger partial charge is 0.227 e. The highest BCUT2D eigenvalue weighted by Crippen LogP contribution is 2.19. The number of nitrogens with zero attached hydrogens (tertiary/aromatic N) is 1. The average Bonchev–Trinajstić information content (AvgIpc) is 2.37. The fraction of sp³-hybridized carbons (Fsp3) is 0.562. The minimum Gasteiger partial charge on any atom is -0.330 e. The highest BCUT2D eigenvalue weighted by atomic mass is 16.2. The molecule has 0 radical (unpaired) electrons. The van der Waals surface area contributed by atoms with Crippen molar-refractivity contribution in [2.75, 3.05) is 18.5 Å². The van der Waals surface area contributed by atoms with Crippen LogP contribution in [0, 0.1) is 18.8 Å². The van der Waals surface area contributed by atoms with Crippen LogP contribution in [0.5, 0.6) is 0 Å². The third-order valence-electron chi connectivity index (χ3n) is 3.40. The van der Waals surface area contributed by atoms with Crippen LogP contribution in [0.25, 0.3) is 0 Å². The largest absolute Gasteiger partial charge is 0.330 e. The monoisotopic (exact) mass is 262 g/mol. The van der Waals surface area contributed by atoms with Crippen molar-refractivity contribution >= 4 is 11.6 Å². The second-order valence-electron chi connectivity index (χ2n) is 5.72. The zero-order valence-corrected chi connectivity index (χ0v) is 12.5. The van der Waals surface area contributed by atoms with E-state index >= 15 is 0 Å². The van der Waals surface area contributed by atoms with Gasteiger partial charge >= 0.3 is 0 Å². The summed E-state index contributed by atoms with van der Waals surface area (Å²) in [5, 5.41) is 0. The van der Waals surface area contributed by atoms with E-state index in [1.807, 2.05) is 38.2 Å². The van der Waals surface area contributed by atoms with E-state index in [0.29, 0.717) is 18.9 Å². The van der Waals surface area contributed by atoms with Crippen LogP contribution in [0.2, 0.25) is 0 Å². The molecule has 0 aromatic heterocycles. The Balaban J connectivity index is 2.63. The molecule has 1 atom stereocenters. The Kier molecular flexibility index (Phi) is 6.03. The van der Waals surface area contributed by atoms with Gasteiger partial charge in [-0.15, -0.1) is 0 Å². The van der Waals surface area contributed by atoms with E-state index in [9.17, 15) is 4.79 Å². The third kappa shape index (κ3) is 5.03. The Morgan fingerprint density at radius 3 is 2.32 bits per heavy atom. The summed E-state index contributed by atoms with van der Waals surface area (Å²) < 4.78 is 0. The lowest BCUT2D eigenvalue weighted by Gasteiger charge is -2.22. The lowest BCUT2D eigenvalue weighted by molar-refractivity contribution is -0.119. The molecule has 3 heteroatoms. The van der Waals surface area contributed by atoms with E-state index in [4.69, 9.17) is 5.73 Å². The number of hydrogen-bond donors (Lipinski definition) is 1. The van der Waals surface area contributed by atoms with Gasteiger partial charge in [-0.1, -0.05) is 31.5 Å². The fourth-order valence-electron chi connectivity index (χ4n) is 2.23. The molecule has 1 aromatic carbocycles. The Bertz CT molecular complexity index is 398. The first-order valence-corrected chi connectivity index (χ1v) is 6.97. The molecule has 0 heterocycles. The molecule has 0 saturated carbocycles. The summed E-state index contributed by atoms with van der Waals surface area (Å²) in [5.41, 5.74) is 7.90. The van der Waals surface area contributed by atoms with Gasteiger partial charge in [0.05, 0.1) is 0 Å². The summed E-state index contributed by atoms with van der Waals surface area (Å²) in [6.45, 7) is 6.94. The number of anilines is 1. The normalized spacial score (nSPS) is 12.5. The molecule has 0 aliphatic rings. The molecule has 0 fully saturated rings. The zero-order valence-electron chi connectivity index (χ0n) is 12.5. The molecule has 1 amide bonds. The van der Waals surface area contributed by atoms with Crippen LogP contribution in [-0.2, 0) is 4.79 Å². The van der Waals surface area contributed by atoms with Crippen LogP contribution >= 0.6 is 0 Å². The van der Waals surface area contributed by atoms with Crippen LogP contribution in [0.1, 0.15) is 32.3 Å². The van der Waals surface area contributed by atoms with E-state index in [2.05, 4.69) is 13.8 Å². The minimum absolute atomic E-state index is 0.139. The molecule has 106 valence electrons. The van der Waals surface area contributed by atoms with Crippen LogP contribution < -0.4 is 10.6 Å². The van der Waals surface area contributed by atoms with Gasteiger partial charge in [0.15, 0.2) is 0 Å². The molecule has 0 aliphatic carbocycles. The van der Waals surface area contributed by atoms with Crippen LogP contribution in [-0.4, -0.2) is 19.5 Å². The lowest BCUT2D eigenvalue weighted by atomic mass is 9.94. The summed E-state index contributed by atoms with van der Waals surface area (Å²) in [6, 6.07) is 8.00. The second kappa shape index (κ2) is 7.29. The summed E-state index contributed by atoms with van der Waals surface area (Å²) in [4.78, 5) is 14.0. The van der Waals surface area contributed by atoms with Crippen molar-refractivity contribution in [3.63, 3.8) is 0 Å². The van der Waals surface area contributed by atoms with Crippen molar-refractivity contribution < 1.29 is 4.79 Å². The molecule has 1 aromatic rings. The number of carbonyl (C=O) groups is 1. The van der Waals surface area contributed by atoms with Crippen LogP contribution in [0.15, 0.2) is 24.3 Å². The van der Waals surface area contributed by atoms with Gasteiger partial charge in [0.1, 0.15) is 0 Å². The van der Waals surface area contributed by atoms with Crippen molar-refractivity contribution in [2.24, 2.45) is 17.6 Å².